The number of amides is 1. The second kappa shape index (κ2) is 6.53. The van der Waals surface area contributed by atoms with Gasteiger partial charge in [0.2, 0.25) is 5.91 Å². The lowest BCUT2D eigenvalue weighted by Crippen LogP contribution is -2.41. The van der Waals surface area contributed by atoms with E-state index in [1.807, 2.05) is 0 Å². The van der Waals surface area contributed by atoms with E-state index in [2.05, 4.69) is 15.0 Å². The van der Waals surface area contributed by atoms with Crippen LogP contribution in [0.4, 0.5) is 0 Å². The fraction of sp³-hybridized carbons (Fsp3) is 0.500. The molecule has 3 rings (SSSR count). The number of thioether (sulfide) groups is 1. The van der Waals surface area contributed by atoms with E-state index in [4.69, 9.17) is 11.6 Å². The number of H-pyrrole nitrogens is 1. The standard InChI is InChI=1S/C14H17ClN4O3S2/c1-8(13(20)19(2)10-3-4-24(21,22)7-10)23-14-17-11-5-9(15)6-16-12(11)18-14/h5-6,8,10H,3-4,7H2,1-2H3,(H,16,17,18)/t8-,10-/m1/s1. The van der Waals surface area contributed by atoms with Gasteiger partial charge in [0, 0.05) is 19.3 Å². The zero-order valence-corrected chi connectivity index (χ0v) is 15.6. The highest BCUT2D eigenvalue weighted by Crippen LogP contribution is 2.26. The molecule has 1 amide bonds. The summed E-state index contributed by atoms with van der Waals surface area (Å²) in [6.07, 6.45) is 2.01. The highest BCUT2D eigenvalue weighted by atomic mass is 35.5. The Labute approximate surface area is 149 Å². The first-order valence-corrected chi connectivity index (χ1v) is 10.5. The van der Waals surface area contributed by atoms with Gasteiger partial charge in [0.1, 0.15) is 0 Å². The number of hydrogen-bond acceptors (Lipinski definition) is 6. The largest absolute Gasteiger partial charge is 0.341 e. The molecule has 7 nitrogen and oxygen atoms in total. The molecule has 0 aromatic carbocycles. The average molecular weight is 389 g/mol. The SMILES string of the molecule is C[C@@H](Sc1nc2ncc(Cl)cc2[nH]1)C(=O)N(C)[C@@H]1CCS(=O)(=O)C1. The molecule has 0 bridgehead atoms. The van der Waals surface area contributed by atoms with Crippen molar-refractivity contribution < 1.29 is 13.2 Å². The molecule has 0 unspecified atom stereocenters. The molecule has 24 heavy (non-hydrogen) atoms. The molecule has 3 heterocycles. The van der Waals surface area contributed by atoms with Gasteiger partial charge in [-0.25, -0.2) is 18.4 Å². The maximum Gasteiger partial charge on any atom is 0.235 e. The van der Waals surface area contributed by atoms with Crippen LogP contribution in [-0.2, 0) is 14.6 Å². The summed E-state index contributed by atoms with van der Waals surface area (Å²) in [5, 5.41) is 0.691. The van der Waals surface area contributed by atoms with Crippen molar-refractivity contribution in [2.75, 3.05) is 18.6 Å². The molecular formula is C14H17ClN4O3S2. The van der Waals surface area contributed by atoms with E-state index in [-0.39, 0.29) is 23.5 Å². The highest BCUT2D eigenvalue weighted by molar-refractivity contribution is 8.00. The smallest absolute Gasteiger partial charge is 0.235 e. The summed E-state index contributed by atoms with van der Waals surface area (Å²) in [6.45, 7) is 1.78. The summed E-state index contributed by atoms with van der Waals surface area (Å²) in [5.41, 5.74) is 1.25. The molecule has 1 aliphatic rings. The minimum Gasteiger partial charge on any atom is -0.341 e. The van der Waals surface area contributed by atoms with Gasteiger partial charge in [0.05, 0.1) is 27.3 Å². The lowest BCUT2D eigenvalue weighted by molar-refractivity contribution is -0.130. The molecule has 1 fully saturated rings. The molecule has 130 valence electrons. The van der Waals surface area contributed by atoms with Crippen LogP contribution < -0.4 is 0 Å². The third kappa shape index (κ3) is 3.68. The Morgan fingerprint density at radius 2 is 2.29 bits per heavy atom. The van der Waals surface area contributed by atoms with Crippen LogP contribution in [0.2, 0.25) is 5.02 Å². The lowest BCUT2D eigenvalue weighted by atomic mass is 10.2. The predicted molar refractivity (Wildman–Crippen MR) is 94.0 cm³/mol. The van der Waals surface area contributed by atoms with Crippen LogP contribution in [0.25, 0.3) is 11.2 Å². The fourth-order valence-corrected chi connectivity index (χ4v) is 5.52. The van der Waals surface area contributed by atoms with Gasteiger partial charge in [0.25, 0.3) is 0 Å². The Balaban J connectivity index is 1.68. The van der Waals surface area contributed by atoms with Crippen molar-refractivity contribution >= 4 is 50.3 Å². The van der Waals surface area contributed by atoms with Crippen LogP contribution in [0.3, 0.4) is 0 Å². The molecule has 2 aromatic rings. The van der Waals surface area contributed by atoms with Crippen LogP contribution in [0.15, 0.2) is 17.4 Å². The second-order valence-electron chi connectivity index (χ2n) is 5.83. The third-order valence-corrected chi connectivity index (χ3v) is 6.95. The van der Waals surface area contributed by atoms with E-state index < -0.39 is 15.1 Å². The minimum absolute atomic E-state index is 0.0414. The molecule has 0 spiro atoms. The quantitative estimate of drug-likeness (QED) is 0.801. The van der Waals surface area contributed by atoms with Crippen LogP contribution in [0.5, 0.6) is 0 Å². The normalized spacial score (nSPS) is 21.0. The van der Waals surface area contributed by atoms with Gasteiger partial charge in [-0.15, -0.1) is 0 Å². The minimum atomic E-state index is -3.02. The van der Waals surface area contributed by atoms with Crippen molar-refractivity contribution in [3.63, 3.8) is 0 Å². The van der Waals surface area contributed by atoms with Gasteiger partial charge >= 0.3 is 0 Å². The number of fused-ring (bicyclic) bond motifs is 1. The Morgan fingerprint density at radius 1 is 1.54 bits per heavy atom. The number of imidazole rings is 1. The number of carbonyl (C=O) groups excluding carboxylic acids is 1. The van der Waals surface area contributed by atoms with Gasteiger partial charge in [-0.3, -0.25) is 4.79 Å². The number of aromatic nitrogens is 3. The molecule has 1 saturated heterocycles. The summed E-state index contributed by atoms with van der Waals surface area (Å²) in [5.74, 6) is 0.0699. The van der Waals surface area contributed by atoms with Gasteiger partial charge in [0.15, 0.2) is 20.6 Å². The Morgan fingerprint density at radius 3 is 2.96 bits per heavy atom. The topological polar surface area (TPSA) is 96.0 Å². The summed E-state index contributed by atoms with van der Waals surface area (Å²) >= 11 is 7.17. The van der Waals surface area contributed by atoms with E-state index >= 15 is 0 Å². The van der Waals surface area contributed by atoms with Crippen molar-refractivity contribution in [3.8, 4) is 0 Å². The van der Waals surface area contributed by atoms with Gasteiger partial charge in [-0.1, -0.05) is 23.4 Å². The first-order chi connectivity index (χ1) is 11.2. The highest BCUT2D eigenvalue weighted by Gasteiger charge is 2.34. The molecule has 1 aliphatic heterocycles. The fourth-order valence-electron chi connectivity index (χ4n) is 2.67. The van der Waals surface area contributed by atoms with E-state index in [1.165, 1.54) is 18.0 Å². The van der Waals surface area contributed by atoms with Crippen LogP contribution in [-0.4, -0.2) is 64.0 Å². The van der Waals surface area contributed by atoms with Crippen molar-refractivity contribution in [2.24, 2.45) is 0 Å². The van der Waals surface area contributed by atoms with Crippen LogP contribution >= 0.6 is 23.4 Å². The zero-order chi connectivity index (χ0) is 17.5. The summed E-state index contributed by atoms with van der Waals surface area (Å²) in [6, 6.07) is 1.48. The Kier molecular flexibility index (Phi) is 4.76. The summed E-state index contributed by atoms with van der Waals surface area (Å²) < 4.78 is 23.2. The maximum absolute atomic E-state index is 12.5. The molecule has 0 saturated carbocycles. The zero-order valence-electron chi connectivity index (χ0n) is 13.2. The van der Waals surface area contributed by atoms with E-state index in [0.717, 1.165) is 0 Å². The number of hydrogen-bond donors (Lipinski definition) is 1. The first-order valence-electron chi connectivity index (χ1n) is 7.40. The summed E-state index contributed by atoms with van der Waals surface area (Å²) in [7, 11) is -1.36. The molecule has 0 aliphatic carbocycles. The van der Waals surface area contributed by atoms with Crippen molar-refractivity contribution in [1.82, 2.24) is 19.9 Å². The Bertz CT molecular complexity index is 883. The number of aromatic amines is 1. The van der Waals surface area contributed by atoms with Crippen LogP contribution in [0.1, 0.15) is 13.3 Å². The molecule has 1 N–H and O–H groups in total. The number of carbonyl (C=O) groups is 1. The number of pyridine rings is 1. The number of nitrogens with one attached hydrogen (secondary N) is 1. The molecule has 2 aromatic heterocycles. The van der Waals surface area contributed by atoms with Crippen molar-refractivity contribution in [1.29, 1.82) is 0 Å². The van der Waals surface area contributed by atoms with Crippen molar-refractivity contribution in [3.05, 3.63) is 17.3 Å². The second-order valence-corrected chi connectivity index (χ2v) is 9.83. The van der Waals surface area contributed by atoms with Gasteiger partial charge < -0.3 is 9.88 Å². The van der Waals surface area contributed by atoms with E-state index in [9.17, 15) is 13.2 Å². The third-order valence-electron chi connectivity index (χ3n) is 4.02. The van der Waals surface area contributed by atoms with Gasteiger partial charge in [-0.05, 0) is 19.4 Å². The van der Waals surface area contributed by atoms with Gasteiger partial charge in [-0.2, -0.15) is 0 Å². The average Bonchev–Trinajstić information content (AvgIpc) is 3.07. The number of sulfone groups is 1. The number of rotatable bonds is 4. The molecular weight excluding hydrogens is 372 g/mol. The summed E-state index contributed by atoms with van der Waals surface area (Å²) in [4.78, 5) is 25.6. The van der Waals surface area contributed by atoms with Crippen LogP contribution in [0, 0.1) is 0 Å². The number of halogens is 1. The number of nitrogens with zero attached hydrogens (tertiary/aromatic N) is 3. The monoisotopic (exact) mass is 388 g/mol. The maximum atomic E-state index is 12.5. The van der Waals surface area contributed by atoms with E-state index in [0.29, 0.717) is 27.8 Å². The molecule has 0 radical (unpaired) electrons. The van der Waals surface area contributed by atoms with Crippen molar-refractivity contribution in [2.45, 2.75) is 29.8 Å². The predicted octanol–water partition coefficient (Wildman–Crippen LogP) is 1.74. The van der Waals surface area contributed by atoms with E-state index in [1.54, 1.807) is 24.9 Å². The Hall–Kier alpha value is -1.32. The first kappa shape index (κ1) is 17.5. The molecule has 10 heteroatoms. The molecule has 2 atom stereocenters. The lowest BCUT2D eigenvalue weighted by Gasteiger charge is -2.25.